The fourth-order valence-corrected chi connectivity index (χ4v) is 3.89. The fourth-order valence-electron chi connectivity index (χ4n) is 3.89. The molecule has 1 aliphatic heterocycles. The van der Waals surface area contributed by atoms with Gasteiger partial charge in [0.25, 0.3) is 0 Å². The Labute approximate surface area is 141 Å². The molecule has 0 radical (unpaired) electrons. The highest BCUT2D eigenvalue weighted by Crippen LogP contribution is 2.49. The molecule has 1 saturated heterocycles. The van der Waals surface area contributed by atoms with E-state index >= 15 is 0 Å². The van der Waals surface area contributed by atoms with Crippen molar-refractivity contribution in [2.45, 2.75) is 25.6 Å². The van der Waals surface area contributed by atoms with E-state index in [9.17, 15) is 18.0 Å². The maximum atomic E-state index is 13.1. The van der Waals surface area contributed by atoms with Crippen LogP contribution >= 0.6 is 0 Å². The Balaban J connectivity index is 1.63. The summed E-state index contributed by atoms with van der Waals surface area (Å²) in [5.41, 5.74) is -1.81. The van der Waals surface area contributed by atoms with Crippen molar-refractivity contribution in [3.8, 4) is 0 Å². The Morgan fingerprint density at radius 2 is 1.96 bits per heavy atom. The highest BCUT2D eigenvalue weighted by atomic mass is 19.4. The van der Waals surface area contributed by atoms with E-state index in [4.69, 9.17) is 4.52 Å². The molecule has 0 unspecified atom stereocenters. The van der Waals surface area contributed by atoms with Crippen molar-refractivity contribution in [2.75, 3.05) is 13.1 Å². The zero-order valence-electron chi connectivity index (χ0n) is 13.8. The first kappa shape index (κ1) is 16.4. The number of aromatic nitrogens is 1. The molecular weight excluding hydrogens is 335 g/mol. The van der Waals surface area contributed by atoms with Gasteiger partial charge in [0.15, 0.2) is 5.58 Å². The number of nitrogens with zero attached hydrogens (tertiary/aromatic N) is 1. The first-order chi connectivity index (χ1) is 11.7. The van der Waals surface area contributed by atoms with E-state index in [0.29, 0.717) is 17.5 Å². The molecular formula is C17H18F3N3O2. The Bertz CT molecular complexity index is 833. The number of para-hydroxylation sites is 1. The van der Waals surface area contributed by atoms with Crippen molar-refractivity contribution >= 4 is 16.9 Å². The largest absolute Gasteiger partial charge is 0.420 e. The van der Waals surface area contributed by atoms with Crippen molar-refractivity contribution in [1.82, 2.24) is 15.8 Å². The third-order valence-corrected chi connectivity index (χ3v) is 5.23. The van der Waals surface area contributed by atoms with Gasteiger partial charge in [-0.2, -0.15) is 13.2 Å². The summed E-state index contributed by atoms with van der Waals surface area (Å²) in [7, 11) is 0. The lowest BCUT2D eigenvalue weighted by Crippen LogP contribution is -2.43. The van der Waals surface area contributed by atoms with Crippen LogP contribution in [0, 0.1) is 17.8 Å². The summed E-state index contributed by atoms with van der Waals surface area (Å²) >= 11 is 0. The van der Waals surface area contributed by atoms with Crippen LogP contribution in [0.1, 0.15) is 25.1 Å². The predicted octanol–water partition coefficient (Wildman–Crippen LogP) is 2.66. The van der Waals surface area contributed by atoms with Crippen LogP contribution in [0.25, 0.3) is 11.0 Å². The number of benzene rings is 1. The molecule has 4 rings (SSSR count). The molecule has 2 fully saturated rings. The monoisotopic (exact) mass is 353 g/mol. The predicted molar refractivity (Wildman–Crippen MR) is 83.5 cm³/mol. The lowest BCUT2D eigenvalue weighted by atomic mass is 9.95. The minimum atomic E-state index is -4.53. The van der Waals surface area contributed by atoms with Crippen LogP contribution in [0.5, 0.6) is 0 Å². The Morgan fingerprint density at radius 1 is 1.28 bits per heavy atom. The third kappa shape index (κ3) is 2.59. The first-order valence-electron chi connectivity index (χ1n) is 8.19. The molecule has 1 aromatic heterocycles. The van der Waals surface area contributed by atoms with Crippen LogP contribution in [-0.4, -0.2) is 24.2 Å². The van der Waals surface area contributed by atoms with Gasteiger partial charge in [-0.25, -0.2) is 0 Å². The number of alkyl halides is 3. The second-order valence-electron chi connectivity index (χ2n) is 7.34. The quantitative estimate of drug-likeness (QED) is 0.890. The van der Waals surface area contributed by atoms with E-state index < -0.39 is 17.3 Å². The zero-order valence-corrected chi connectivity index (χ0v) is 13.8. The number of amides is 1. The van der Waals surface area contributed by atoms with Crippen molar-refractivity contribution in [1.29, 1.82) is 0 Å². The van der Waals surface area contributed by atoms with E-state index in [1.54, 1.807) is 13.8 Å². The van der Waals surface area contributed by atoms with E-state index in [0.717, 1.165) is 19.2 Å². The van der Waals surface area contributed by atoms with E-state index in [2.05, 4.69) is 15.8 Å². The minimum absolute atomic E-state index is 0.0237. The molecule has 134 valence electrons. The Morgan fingerprint density at radius 3 is 2.60 bits per heavy atom. The van der Waals surface area contributed by atoms with Gasteiger partial charge in [-0.15, -0.1) is 0 Å². The molecule has 1 saturated carbocycles. The standard InChI is InChI=1S/C17H18F3N3O2/c1-16(2,22-15(24)12-9-6-21-7-10(9)12)14-8-4-3-5-11(17(18,19)20)13(8)25-23-14/h3-5,9-10,12,21H,6-7H2,1-2H3,(H,22,24)/t9-,10+,12+. The maximum Gasteiger partial charge on any atom is 0.420 e. The highest BCUT2D eigenvalue weighted by Gasteiger charge is 2.57. The number of rotatable bonds is 3. The molecule has 5 nitrogen and oxygen atoms in total. The highest BCUT2D eigenvalue weighted by molar-refractivity contribution is 5.86. The summed E-state index contributed by atoms with van der Waals surface area (Å²) in [6.07, 6.45) is -4.53. The Hall–Kier alpha value is -2.09. The normalized spacial score (nSPS) is 25.9. The maximum absolute atomic E-state index is 13.1. The summed E-state index contributed by atoms with van der Waals surface area (Å²) in [6.45, 7) is 5.12. The molecule has 0 spiro atoms. The van der Waals surface area contributed by atoms with Crippen LogP contribution in [0.3, 0.4) is 0 Å². The van der Waals surface area contributed by atoms with E-state index in [1.807, 2.05) is 0 Å². The zero-order chi connectivity index (χ0) is 18.0. The molecule has 1 aliphatic carbocycles. The van der Waals surface area contributed by atoms with Gasteiger partial charge in [-0.1, -0.05) is 11.2 Å². The average Bonchev–Trinajstić information content (AvgIpc) is 2.89. The van der Waals surface area contributed by atoms with Gasteiger partial charge in [0, 0.05) is 11.3 Å². The molecule has 1 amide bonds. The molecule has 2 aromatic rings. The van der Waals surface area contributed by atoms with Crippen molar-refractivity contribution in [3.05, 3.63) is 29.5 Å². The number of carbonyl (C=O) groups is 1. The number of nitrogens with one attached hydrogen (secondary N) is 2. The molecule has 2 aliphatic rings. The van der Waals surface area contributed by atoms with Crippen LogP contribution in [0.2, 0.25) is 0 Å². The van der Waals surface area contributed by atoms with Crippen molar-refractivity contribution in [3.63, 3.8) is 0 Å². The summed E-state index contributed by atoms with van der Waals surface area (Å²) in [4.78, 5) is 12.5. The average molecular weight is 353 g/mol. The summed E-state index contributed by atoms with van der Waals surface area (Å²) < 4.78 is 44.3. The molecule has 0 bridgehead atoms. The molecule has 8 heteroatoms. The third-order valence-electron chi connectivity index (χ3n) is 5.23. The smallest absolute Gasteiger partial charge is 0.355 e. The number of carbonyl (C=O) groups excluding carboxylic acids is 1. The van der Waals surface area contributed by atoms with E-state index in [-0.39, 0.29) is 22.8 Å². The SMILES string of the molecule is CC(C)(NC(=O)[C@H]1[C@@H]2CNC[C@@H]21)c1noc2c(C(F)(F)F)cccc12. The van der Waals surface area contributed by atoms with Crippen LogP contribution in [-0.2, 0) is 16.5 Å². The fraction of sp³-hybridized carbons (Fsp3) is 0.529. The minimum Gasteiger partial charge on any atom is -0.355 e. The lowest BCUT2D eigenvalue weighted by molar-refractivity contribution is -0.137. The second-order valence-corrected chi connectivity index (χ2v) is 7.34. The molecule has 3 atom stereocenters. The lowest BCUT2D eigenvalue weighted by Gasteiger charge is -2.24. The molecule has 2 heterocycles. The van der Waals surface area contributed by atoms with Crippen molar-refractivity contribution in [2.24, 2.45) is 17.8 Å². The number of fused-ring (bicyclic) bond motifs is 2. The molecule has 25 heavy (non-hydrogen) atoms. The first-order valence-corrected chi connectivity index (χ1v) is 8.19. The molecule has 2 N–H and O–H groups in total. The number of halogens is 3. The van der Waals surface area contributed by atoms with Gasteiger partial charge in [0.2, 0.25) is 5.91 Å². The van der Waals surface area contributed by atoms with Crippen molar-refractivity contribution < 1.29 is 22.5 Å². The summed E-state index contributed by atoms with van der Waals surface area (Å²) in [5, 5.41) is 10.3. The van der Waals surface area contributed by atoms with Crippen LogP contribution in [0.15, 0.2) is 22.7 Å². The van der Waals surface area contributed by atoms with Gasteiger partial charge in [-0.05, 0) is 50.9 Å². The van der Waals surface area contributed by atoms with Crippen LogP contribution < -0.4 is 10.6 Å². The van der Waals surface area contributed by atoms with Crippen LogP contribution in [0.4, 0.5) is 13.2 Å². The number of hydrogen-bond donors (Lipinski definition) is 2. The van der Waals surface area contributed by atoms with Gasteiger partial charge >= 0.3 is 6.18 Å². The van der Waals surface area contributed by atoms with Gasteiger partial charge < -0.3 is 15.2 Å². The Kier molecular flexibility index (Phi) is 3.41. The number of piperidine rings is 1. The van der Waals surface area contributed by atoms with Gasteiger partial charge in [-0.3, -0.25) is 4.79 Å². The second kappa shape index (κ2) is 5.20. The number of hydrogen-bond acceptors (Lipinski definition) is 4. The van der Waals surface area contributed by atoms with E-state index in [1.165, 1.54) is 12.1 Å². The van der Waals surface area contributed by atoms with Gasteiger partial charge in [0.05, 0.1) is 5.54 Å². The summed E-state index contributed by atoms with van der Waals surface area (Å²) in [5.74, 6) is 0.623. The molecule has 1 aromatic carbocycles. The summed E-state index contributed by atoms with van der Waals surface area (Å²) in [6, 6.07) is 3.81. The topological polar surface area (TPSA) is 67.2 Å². The van der Waals surface area contributed by atoms with Gasteiger partial charge in [0.1, 0.15) is 11.3 Å².